The van der Waals surface area contributed by atoms with Crippen LogP contribution in [0.4, 0.5) is 0 Å². The minimum absolute atomic E-state index is 0.00164. The predicted molar refractivity (Wildman–Crippen MR) is 58.8 cm³/mol. The van der Waals surface area contributed by atoms with Gasteiger partial charge in [0.1, 0.15) is 0 Å². The SMILES string of the molecule is CNC(=O)c1cc2n(c1)CCCN(C)C2. The summed E-state index contributed by atoms with van der Waals surface area (Å²) in [5, 5.41) is 2.65. The van der Waals surface area contributed by atoms with E-state index in [2.05, 4.69) is 21.8 Å². The lowest BCUT2D eigenvalue weighted by Crippen LogP contribution is -2.18. The molecule has 82 valence electrons. The van der Waals surface area contributed by atoms with Gasteiger partial charge in [0.05, 0.1) is 5.56 Å². The first-order valence-corrected chi connectivity index (χ1v) is 5.30. The van der Waals surface area contributed by atoms with Crippen LogP contribution in [0.15, 0.2) is 12.3 Å². The number of amides is 1. The zero-order valence-electron chi connectivity index (χ0n) is 9.29. The molecule has 4 nitrogen and oxygen atoms in total. The number of aryl methyl sites for hydroxylation is 1. The molecule has 1 aliphatic heterocycles. The van der Waals surface area contributed by atoms with E-state index in [9.17, 15) is 4.79 Å². The van der Waals surface area contributed by atoms with Crippen LogP contribution in [0.3, 0.4) is 0 Å². The van der Waals surface area contributed by atoms with E-state index in [1.807, 2.05) is 12.3 Å². The average Bonchev–Trinajstić information content (AvgIpc) is 2.53. The molecular weight excluding hydrogens is 190 g/mol. The summed E-state index contributed by atoms with van der Waals surface area (Å²) in [4.78, 5) is 13.7. The molecular formula is C11H17N3O. The Morgan fingerprint density at radius 2 is 2.27 bits per heavy atom. The van der Waals surface area contributed by atoms with Crippen molar-refractivity contribution in [2.45, 2.75) is 19.5 Å². The number of nitrogens with one attached hydrogen (secondary N) is 1. The van der Waals surface area contributed by atoms with Crippen LogP contribution in [0.2, 0.25) is 0 Å². The van der Waals surface area contributed by atoms with Crippen LogP contribution in [-0.4, -0.2) is 36.0 Å². The van der Waals surface area contributed by atoms with Gasteiger partial charge in [0.15, 0.2) is 0 Å². The molecule has 0 aliphatic carbocycles. The van der Waals surface area contributed by atoms with Gasteiger partial charge in [0, 0.05) is 32.0 Å². The molecule has 2 rings (SSSR count). The third-order valence-corrected chi connectivity index (χ3v) is 2.85. The molecule has 0 atom stereocenters. The molecule has 0 aromatic carbocycles. The average molecular weight is 207 g/mol. The topological polar surface area (TPSA) is 37.3 Å². The van der Waals surface area contributed by atoms with Crippen molar-refractivity contribution in [2.75, 3.05) is 20.6 Å². The molecule has 1 amide bonds. The van der Waals surface area contributed by atoms with E-state index in [0.29, 0.717) is 0 Å². The summed E-state index contributed by atoms with van der Waals surface area (Å²) in [6, 6.07) is 1.99. The fourth-order valence-electron chi connectivity index (χ4n) is 2.03. The van der Waals surface area contributed by atoms with Gasteiger partial charge < -0.3 is 14.8 Å². The normalized spacial score (nSPS) is 16.9. The Labute approximate surface area is 89.9 Å². The van der Waals surface area contributed by atoms with E-state index in [1.165, 1.54) is 5.69 Å². The zero-order chi connectivity index (χ0) is 10.8. The quantitative estimate of drug-likeness (QED) is 0.735. The van der Waals surface area contributed by atoms with Crippen LogP contribution >= 0.6 is 0 Å². The van der Waals surface area contributed by atoms with Crippen LogP contribution in [0.5, 0.6) is 0 Å². The van der Waals surface area contributed by atoms with Gasteiger partial charge in [-0.2, -0.15) is 0 Å². The van der Waals surface area contributed by atoms with E-state index >= 15 is 0 Å². The highest BCUT2D eigenvalue weighted by Crippen LogP contribution is 2.15. The van der Waals surface area contributed by atoms with Gasteiger partial charge in [-0.1, -0.05) is 0 Å². The maximum Gasteiger partial charge on any atom is 0.252 e. The molecule has 0 bridgehead atoms. The van der Waals surface area contributed by atoms with Gasteiger partial charge in [-0.25, -0.2) is 0 Å². The minimum Gasteiger partial charge on any atom is -0.355 e. The molecule has 0 saturated heterocycles. The molecule has 1 aromatic rings. The predicted octanol–water partition coefficient (Wildman–Crippen LogP) is 0.683. The number of carbonyl (C=O) groups excluding carboxylic acids is 1. The first-order chi connectivity index (χ1) is 7.20. The summed E-state index contributed by atoms with van der Waals surface area (Å²) in [6.45, 7) is 3.06. The number of carbonyl (C=O) groups is 1. The Bertz CT molecular complexity index is 370. The Kier molecular flexibility index (Phi) is 2.77. The van der Waals surface area contributed by atoms with E-state index < -0.39 is 0 Å². The second kappa shape index (κ2) is 4.06. The Hall–Kier alpha value is -1.29. The zero-order valence-corrected chi connectivity index (χ0v) is 9.29. The molecule has 4 heteroatoms. The smallest absolute Gasteiger partial charge is 0.252 e. The van der Waals surface area contributed by atoms with Crippen LogP contribution in [0.25, 0.3) is 0 Å². The second-order valence-corrected chi connectivity index (χ2v) is 4.08. The maximum absolute atomic E-state index is 11.5. The summed E-state index contributed by atoms with van der Waals surface area (Å²) in [5.74, 6) is -0.00164. The largest absolute Gasteiger partial charge is 0.355 e. The van der Waals surface area contributed by atoms with Crippen molar-refractivity contribution < 1.29 is 4.79 Å². The lowest BCUT2D eigenvalue weighted by atomic mass is 10.3. The van der Waals surface area contributed by atoms with Gasteiger partial charge in [0.25, 0.3) is 5.91 Å². The summed E-state index contributed by atoms with van der Waals surface area (Å²) in [7, 11) is 3.78. The van der Waals surface area contributed by atoms with Gasteiger partial charge in [-0.3, -0.25) is 4.79 Å². The fourth-order valence-corrected chi connectivity index (χ4v) is 2.03. The van der Waals surface area contributed by atoms with Crippen molar-refractivity contribution in [3.8, 4) is 0 Å². The van der Waals surface area contributed by atoms with Crippen molar-refractivity contribution in [2.24, 2.45) is 0 Å². The van der Waals surface area contributed by atoms with Crippen LogP contribution < -0.4 is 5.32 Å². The Balaban J connectivity index is 2.27. The molecule has 0 unspecified atom stereocenters. The lowest BCUT2D eigenvalue weighted by molar-refractivity contribution is 0.0963. The Morgan fingerprint density at radius 1 is 1.47 bits per heavy atom. The molecule has 1 aliphatic rings. The third kappa shape index (κ3) is 2.04. The number of hydrogen-bond donors (Lipinski definition) is 1. The summed E-state index contributed by atoms with van der Waals surface area (Å²) in [6.07, 6.45) is 3.10. The number of hydrogen-bond acceptors (Lipinski definition) is 2. The number of fused-ring (bicyclic) bond motifs is 1. The minimum atomic E-state index is -0.00164. The molecule has 0 saturated carbocycles. The van der Waals surface area contributed by atoms with E-state index in [4.69, 9.17) is 0 Å². The molecule has 0 fully saturated rings. The summed E-state index contributed by atoms with van der Waals surface area (Å²) >= 11 is 0. The first kappa shape index (κ1) is 10.2. The van der Waals surface area contributed by atoms with Gasteiger partial charge in [-0.15, -0.1) is 0 Å². The Morgan fingerprint density at radius 3 is 3.00 bits per heavy atom. The van der Waals surface area contributed by atoms with E-state index in [-0.39, 0.29) is 5.91 Å². The lowest BCUT2D eigenvalue weighted by Gasteiger charge is -2.11. The van der Waals surface area contributed by atoms with Crippen LogP contribution in [0.1, 0.15) is 22.5 Å². The number of rotatable bonds is 1. The second-order valence-electron chi connectivity index (χ2n) is 4.08. The van der Waals surface area contributed by atoms with Crippen LogP contribution in [-0.2, 0) is 13.1 Å². The monoisotopic (exact) mass is 207 g/mol. The molecule has 2 heterocycles. The summed E-state index contributed by atoms with van der Waals surface area (Å²) < 4.78 is 2.19. The standard InChI is InChI=1S/C11H17N3O/c1-12-11(15)9-6-10-8-13(2)4-3-5-14(10)7-9/h6-7H,3-5,8H2,1-2H3,(H,12,15). The highest BCUT2D eigenvalue weighted by atomic mass is 16.1. The van der Waals surface area contributed by atoms with Gasteiger partial charge >= 0.3 is 0 Å². The van der Waals surface area contributed by atoms with Gasteiger partial charge in [-0.05, 0) is 26.1 Å². The summed E-state index contributed by atoms with van der Waals surface area (Å²) in [5.41, 5.74) is 2.00. The van der Waals surface area contributed by atoms with Crippen molar-refractivity contribution in [3.05, 3.63) is 23.5 Å². The van der Waals surface area contributed by atoms with Crippen molar-refractivity contribution >= 4 is 5.91 Å². The fraction of sp³-hybridized carbons (Fsp3) is 0.545. The molecule has 1 N–H and O–H groups in total. The maximum atomic E-state index is 11.5. The molecule has 15 heavy (non-hydrogen) atoms. The highest BCUT2D eigenvalue weighted by Gasteiger charge is 2.14. The molecule has 1 aromatic heterocycles. The van der Waals surface area contributed by atoms with Crippen molar-refractivity contribution in [1.29, 1.82) is 0 Å². The van der Waals surface area contributed by atoms with E-state index in [0.717, 1.165) is 31.6 Å². The molecule has 0 spiro atoms. The number of nitrogens with zero attached hydrogens (tertiary/aromatic N) is 2. The van der Waals surface area contributed by atoms with Gasteiger partial charge in [0.2, 0.25) is 0 Å². The first-order valence-electron chi connectivity index (χ1n) is 5.30. The number of aromatic nitrogens is 1. The highest BCUT2D eigenvalue weighted by molar-refractivity contribution is 5.94. The van der Waals surface area contributed by atoms with Crippen molar-refractivity contribution in [3.63, 3.8) is 0 Å². The van der Waals surface area contributed by atoms with Crippen LogP contribution in [0, 0.1) is 0 Å². The molecule has 0 radical (unpaired) electrons. The van der Waals surface area contributed by atoms with Crippen molar-refractivity contribution in [1.82, 2.24) is 14.8 Å². The third-order valence-electron chi connectivity index (χ3n) is 2.85. The van der Waals surface area contributed by atoms with E-state index in [1.54, 1.807) is 7.05 Å².